The van der Waals surface area contributed by atoms with Gasteiger partial charge in [0.05, 0.1) is 0 Å². The Morgan fingerprint density at radius 1 is 1.80 bits per heavy atom. The minimum Gasteiger partial charge on any atom is -0.479 e. The molecule has 60 valence electrons. The Labute approximate surface area is 59.4 Å². The quantitative estimate of drug-likeness (QED) is 0.232. The van der Waals surface area contributed by atoms with Crippen molar-refractivity contribution in [1.29, 1.82) is 0 Å². The Kier molecular flexibility index (Phi) is 3.27. The van der Waals surface area contributed by atoms with E-state index in [9.17, 15) is 4.79 Å². The summed E-state index contributed by atoms with van der Waals surface area (Å²) in [6.07, 6.45) is 0.992. The van der Waals surface area contributed by atoms with Gasteiger partial charge >= 0.3 is 5.97 Å². The number of rotatable bonds is 4. The molecular formula is C5H13N3O2. The minimum atomic E-state index is -1.46. The van der Waals surface area contributed by atoms with Gasteiger partial charge in [-0.25, -0.2) is 10.2 Å². The average Bonchev–Trinajstić information content (AvgIpc) is 1.88. The van der Waals surface area contributed by atoms with Gasteiger partial charge in [0.2, 0.25) is 0 Å². The summed E-state index contributed by atoms with van der Waals surface area (Å²) in [4.78, 5) is 10.4. The number of nitrogens with one attached hydrogen (secondary N) is 1. The van der Waals surface area contributed by atoms with Crippen molar-refractivity contribution < 1.29 is 9.90 Å². The van der Waals surface area contributed by atoms with Crippen molar-refractivity contribution in [2.24, 2.45) is 11.6 Å². The second kappa shape index (κ2) is 3.50. The van der Waals surface area contributed by atoms with Crippen molar-refractivity contribution >= 4 is 5.97 Å². The summed E-state index contributed by atoms with van der Waals surface area (Å²) in [6.45, 7) is 1.84. The lowest BCUT2D eigenvalue weighted by Gasteiger charge is -2.22. The van der Waals surface area contributed by atoms with Gasteiger partial charge < -0.3 is 10.8 Å². The van der Waals surface area contributed by atoms with E-state index in [1.807, 2.05) is 6.92 Å². The smallest absolute Gasteiger partial charge is 0.339 e. The third kappa shape index (κ3) is 1.94. The third-order valence-corrected chi connectivity index (χ3v) is 1.28. The van der Waals surface area contributed by atoms with Crippen LogP contribution in [0.5, 0.6) is 0 Å². The molecule has 6 N–H and O–H groups in total. The molecule has 1 unspecified atom stereocenters. The molecule has 0 amide bonds. The standard InChI is InChI=1S/C5H13N3O2/c1-2-3-5(6,8-7)4(9)10/h8H,2-3,6-7H2,1H3,(H,9,10). The average molecular weight is 147 g/mol. The second-order valence-electron chi connectivity index (χ2n) is 2.17. The van der Waals surface area contributed by atoms with Crippen LogP contribution in [0.1, 0.15) is 19.8 Å². The third-order valence-electron chi connectivity index (χ3n) is 1.28. The Hall–Kier alpha value is -0.650. The van der Waals surface area contributed by atoms with Crippen LogP contribution >= 0.6 is 0 Å². The monoisotopic (exact) mass is 147 g/mol. The highest BCUT2D eigenvalue weighted by Gasteiger charge is 2.30. The Morgan fingerprint density at radius 3 is 2.40 bits per heavy atom. The predicted octanol–water partition coefficient (Wildman–Crippen LogP) is -1.01. The number of hydrazine groups is 1. The Morgan fingerprint density at radius 2 is 2.30 bits per heavy atom. The minimum absolute atomic E-state index is 0.318. The molecule has 0 aromatic heterocycles. The van der Waals surface area contributed by atoms with E-state index in [1.165, 1.54) is 0 Å². The highest BCUT2D eigenvalue weighted by atomic mass is 16.4. The topological polar surface area (TPSA) is 101 Å². The molecule has 0 bridgehead atoms. The first-order valence-electron chi connectivity index (χ1n) is 3.07. The summed E-state index contributed by atoms with van der Waals surface area (Å²) >= 11 is 0. The molecule has 0 heterocycles. The lowest BCUT2D eigenvalue weighted by atomic mass is 10.1. The van der Waals surface area contributed by atoms with Gasteiger partial charge in [0.25, 0.3) is 0 Å². The van der Waals surface area contributed by atoms with Crippen molar-refractivity contribution in [2.75, 3.05) is 0 Å². The van der Waals surface area contributed by atoms with Gasteiger partial charge in [0.1, 0.15) is 0 Å². The first-order chi connectivity index (χ1) is 4.56. The van der Waals surface area contributed by atoms with E-state index in [2.05, 4.69) is 5.43 Å². The number of carbonyl (C=O) groups is 1. The molecule has 0 fully saturated rings. The zero-order valence-corrected chi connectivity index (χ0v) is 5.92. The van der Waals surface area contributed by atoms with Gasteiger partial charge in [-0.1, -0.05) is 13.3 Å². The van der Waals surface area contributed by atoms with E-state index >= 15 is 0 Å². The first kappa shape index (κ1) is 9.35. The van der Waals surface area contributed by atoms with E-state index in [-0.39, 0.29) is 0 Å². The molecule has 0 aromatic carbocycles. The van der Waals surface area contributed by atoms with Crippen LogP contribution in [-0.4, -0.2) is 16.7 Å². The van der Waals surface area contributed by atoms with Crippen LogP contribution < -0.4 is 17.0 Å². The number of carboxylic acid groups (broad SMARTS) is 1. The summed E-state index contributed by atoms with van der Waals surface area (Å²) in [5.41, 5.74) is 5.91. The fraction of sp³-hybridized carbons (Fsp3) is 0.800. The fourth-order valence-corrected chi connectivity index (χ4v) is 0.635. The molecule has 1 atom stereocenters. The highest BCUT2D eigenvalue weighted by molar-refractivity contribution is 5.77. The molecule has 0 aliphatic heterocycles. The van der Waals surface area contributed by atoms with Crippen LogP contribution in [0.3, 0.4) is 0 Å². The molecule has 10 heavy (non-hydrogen) atoms. The van der Waals surface area contributed by atoms with Gasteiger partial charge in [-0.05, 0) is 6.42 Å². The molecule has 5 nitrogen and oxygen atoms in total. The van der Waals surface area contributed by atoms with Gasteiger partial charge in [-0.3, -0.25) is 5.84 Å². The zero-order valence-electron chi connectivity index (χ0n) is 5.92. The van der Waals surface area contributed by atoms with Gasteiger partial charge in [0.15, 0.2) is 5.66 Å². The number of aliphatic carboxylic acids is 1. The predicted molar refractivity (Wildman–Crippen MR) is 36.8 cm³/mol. The van der Waals surface area contributed by atoms with Crippen LogP contribution in [0.25, 0.3) is 0 Å². The molecule has 0 aliphatic carbocycles. The Bertz CT molecular complexity index is 128. The summed E-state index contributed by atoms with van der Waals surface area (Å²) in [5, 5.41) is 8.50. The van der Waals surface area contributed by atoms with Crippen molar-refractivity contribution in [3.63, 3.8) is 0 Å². The van der Waals surface area contributed by atoms with Crippen molar-refractivity contribution in [3.8, 4) is 0 Å². The van der Waals surface area contributed by atoms with Gasteiger partial charge in [-0.15, -0.1) is 0 Å². The maximum Gasteiger partial charge on any atom is 0.339 e. The maximum atomic E-state index is 10.4. The van der Waals surface area contributed by atoms with E-state index in [1.54, 1.807) is 0 Å². The zero-order chi connectivity index (χ0) is 8.20. The van der Waals surface area contributed by atoms with Gasteiger partial charge in [-0.2, -0.15) is 0 Å². The van der Waals surface area contributed by atoms with Crippen molar-refractivity contribution in [2.45, 2.75) is 25.4 Å². The number of carboxylic acids is 1. The SMILES string of the molecule is CCCC(N)(NN)C(=O)O. The van der Waals surface area contributed by atoms with E-state index in [0.717, 1.165) is 0 Å². The highest BCUT2D eigenvalue weighted by Crippen LogP contribution is 2.03. The molecule has 0 aliphatic rings. The first-order valence-corrected chi connectivity index (χ1v) is 3.07. The molecule has 0 saturated carbocycles. The molecule has 0 spiro atoms. The summed E-state index contributed by atoms with van der Waals surface area (Å²) in [7, 11) is 0. The molecular weight excluding hydrogens is 134 g/mol. The lowest BCUT2D eigenvalue weighted by Crippen LogP contribution is -2.62. The van der Waals surface area contributed by atoms with Crippen molar-refractivity contribution in [3.05, 3.63) is 0 Å². The fourth-order valence-electron chi connectivity index (χ4n) is 0.635. The van der Waals surface area contributed by atoms with Gasteiger partial charge in [0, 0.05) is 0 Å². The molecule has 0 rings (SSSR count). The largest absolute Gasteiger partial charge is 0.479 e. The molecule has 0 saturated heterocycles. The molecule has 5 heteroatoms. The summed E-state index contributed by atoms with van der Waals surface area (Å²) in [6, 6.07) is 0. The van der Waals surface area contributed by atoms with E-state index in [4.69, 9.17) is 16.7 Å². The number of hydrogen-bond acceptors (Lipinski definition) is 4. The van der Waals surface area contributed by atoms with E-state index in [0.29, 0.717) is 12.8 Å². The van der Waals surface area contributed by atoms with E-state index < -0.39 is 11.6 Å². The van der Waals surface area contributed by atoms with Crippen LogP contribution in [0.15, 0.2) is 0 Å². The Balaban J connectivity index is 4.08. The van der Waals surface area contributed by atoms with Crippen molar-refractivity contribution in [1.82, 2.24) is 5.43 Å². The number of hydrogen-bond donors (Lipinski definition) is 4. The van der Waals surface area contributed by atoms with Crippen LogP contribution in [0, 0.1) is 0 Å². The van der Waals surface area contributed by atoms with Crippen LogP contribution in [0.2, 0.25) is 0 Å². The van der Waals surface area contributed by atoms with Crippen LogP contribution in [-0.2, 0) is 4.79 Å². The second-order valence-corrected chi connectivity index (χ2v) is 2.17. The molecule has 0 aromatic rings. The normalized spacial score (nSPS) is 16.3. The summed E-state index contributed by atoms with van der Waals surface area (Å²) < 4.78 is 0. The van der Waals surface area contributed by atoms with Crippen LogP contribution in [0.4, 0.5) is 0 Å². The maximum absolute atomic E-state index is 10.4. The molecule has 0 radical (unpaired) electrons. The summed E-state index contributed by atoms with van der Waals surface area (Å²) in [5.74, 6) is 3.81. The lowest BCUT2D eigenvalue weighted by molar-refractivity contribution is -0.145. The number of nitrogens with two attached hydrogens (primary N) is 2.